The molecule has 0 aromatic rings. The van der Waals surface area contributed by atoms with E-state index < -0.39 is 67.3 Å². The molecule has 390 valence electrons. The number of aliphatic hydroxyl groups is 2. The van der Waals surface area contributed by atoms with Crippen LogP contribution in [0.5, 0.6) is 0 Å². The Balaban J connectivity index is 2.81. The Labute approximate surface area is 415 Å². The van der Waals surface area contributed by atoms with Crippen molar-refractivity contribution < 1.29 is 58.2 Å². The fourth-order valence-corrected chi connectivity index (χ4v) is 7.19. The lowest BCUT2D eigenvalue weighted by Crippen LogP contribution is -2.61. The maximum atomic E-state index is 13.0. The zero-order valence-corrected chi connectivity index (χ0v) is 42.5. The summed E-state index contributed by atoms with van der Waals surface area (Å²) in [5, 5.41) is 31.3. The van der Waals surface area contributed by atoms with Gasteiger partial charge in [0.25, 0.3) is 0 Å². The number of esters is 3. The van der Waals surface area contributed by atoms with Crippen molar-refractivity contribution >= 4 is 23.9 Å². The standard InChI is InChI=1S/C57H90O12/c1-4-7-10-13-16-19-22-24-25-27-29-31-34-37-40-43-49(58)65-46-48(67-50(59)44-41-38-35-33-30-26-23-20-17-14-11-8-5-2)47-66-57-55(53(62)52(61)54(69-57)56(63)64)68-51(60)45-42-39-36-32-28-21-18-15-12-9-6-3/h7-8,10-11,16-17,19-20,24-26,29-31,35,38,48,52-55,57,61-62H,4-6,9,12-15,18,21-23,27-28,32-34,36-37,39-47H2,1-3H3,(H,63,64)/b10-7-,11-8-,19-16-,20-17-,25-24-,30-26-,31-29-,38-35-. The number of hydrogen-bond acceptors (Lipinski definition) is 11. The van der Waals surface area contributed by atoms with Crippen LogP contribution in [0, 0.1) is 0 Å². The predicted molar refractivity (Wildman–Crippen MR) is 275 cm³/mol. The van der Waals surface area contributed by atoms with E-state index in [4.69, 9.17) is 23.7 Å². The highest BCUT2D eigenvalue weighted by molar-refractivity contribution is 5.74. The van der Waals surface area contributed by atoms with Gasteiger partial charge in [-0.05, 0) is 83.5 Å². The lowest BCUT2D eigenvalue weighted by molar-refractivity contribution is -0.301. The summed E-state index contributed by atoms with van der Waals surface area (Å²) in [7, 11) is 0. The third-order valence-electron chi connectivity index (χ3n) is 11.2. The number of carbonyl (C=O) groups is 4. The number of unbranched alkanes of at least 4 members (excludes halogenated alkanes) is 12. The van der Waals surface area contributed by atoms with E-state index in [-0.39, 0.29) is 25.9 Å². The lowest BCUT2D eigenvalue weighted by atomic mass is 9.98. The van der Waals surface area contributed by atoms with Crippen molar-refractivity contribution in [3.8, 4) is 0 Å². The van der Waals surface area contributed by atoms with E-state index in [1.165, 1.54) is 38.5 Å². The summed E-state index contributed by atoms with van der Waals surface area (Å²) >= 11 is 0. The molecule has 0 bridgehead atoms. The first-order valence-corrected chi connectivity index (χ1v) is 26.2. The molecule has 1 aliphatic rings. The first-order valence-electron chi connectivity index (χ1n) is 26.2. The van der Waals surface area contributed by atoms with Crippen LogP contribution in [0.25, 0.3) is 0 Å². The fourth-order valence-electron chi connectivity index (χ4n) is 7.19. The minimum absolute atomic E-state index is 0.0290. The molecular formula is C57H90O12. The van der Waals surface area contributed by atoms with Crippen LogP contribution in [-0.2, 0) is 42.9 Å². The second-order valence-corrected chi connectivity index (χ2v) is 17.4. The Morgan fingerprint density at radius 3 is 1.45 bits per heavy atom. The van der Waals surface area contributed by atoms with Crippen LogP contribution in [0.1, 0.15) is 188 Å². The summed E-state index contributed by atoms with van der Waals surface area (Å²) in [5.41, 5.74) is 0. The molecule has 0 aliphatic carbocycles. The zero-order chi connectivity index (χ0) is 50.4. The summed E-state index contributed by atoms with van der Waals surface area (Å²) in [6, 6.07) is 0. The van der Waals surface area contributed by atoms with Crippen molar-refractivity contribution in [1.29, 1.82) is 0 Å². The molecule has 0 amide bonds. The summed E-state index contributed by atoms with van der Waals surface area (Å²) in [5.74, 6) is -3.30. The first-order chi connectivity index (χ1) is 33.6. The van der Waals surface area contributed by atoms with Gasteiger partial charge in [0.2, 0.25) is 0 Å². The van der Waals surface area contributed by atoms with Crippen molar-refractivity contribution in [1.82, 2.24) is 0 Å². The van der Waals surface area contributed by atoms with Crippen LogP contribution in [0.3, 0.4) is 0 Å². The average Bonchev–Trinajstić information content (AvgIpc) is 3.33. The number of aliphatic carboxylic acids is 1. The van der Waals surface area contributed by atoms with Crippen molar-refractivity contribution in [2.75, 3.05) is 13.2 Å². The van der Waals surface area contributed by atoms with E-state index in [9.17, 15) is 34.5 Å². The van der Waals surface area contributed by atoms with Crippen molar-refractivity contribution in [2.45, 2.75) is 225 Å². The third kappa shape index (κ3) is 35.4. The lowest BCUT2D eigenvalue weighted by Gasteiger charge is -2.40. The maximum absolute atomic E-state index is 13.0. The number of allylic oxidation sites excluding steroid dienone is 16. The molecule has 0 spiro atoms. The molecule has 1 saturated heterocycles. The first kappa shape index (κ1) is 62.7. The van der Waals surface area contributed by atoms with Crippen LogP contribution >= 0.6 is 0 Å². The molecule has 69 heavy (non-hydrogen) atoms. The summed E-state index contributed by atoms with van der Waals surface area (Å²) in [6.07, 6.45) is 45.6. The van der Waals surface area contributed by atoms with Crippen LogP contribution < -0.4 is 0 Å². The molecule has 0 aromatic carbocycles. The van der Waals surface area contributed by atoms with Crippen LogP contribution in [0.4, 0.5) is 0 Å². The molecule has 3 N–H and O–H groups in total. The molecule has 0 radical (unpaired) electrons. The van der Waals surface area contributed by atoms with Gasteiger partial charge in [0.05, 0.1) is 6.61 Å². The molecule has 12 nitrogen and oxygen atoms in total. The Kier molecular flexibility index (Phi) is 40.7. The summed E-state index contributed by atoms with van der Waals surface area (Å²) in [4.78, 5) is 50.8. The molecule has 1 fully saturated rings. The third-order valence-corrected chi connectivity index (χ3v) is 11.2. The minimum atomic E-state index is -1.92. The van der Waals surface area contributed by atoms with Gasteiger partial charge in [-0.15, -0.1) is 0 Å². The topological polar surface area (TPSA) is 175 Å². The monoisotopic (exact) mass is 967 g/mol. The van der Waals surface area contributed by atoms with Gasteiger partial charge in [-0.1, -0.05) is 182 Å². The van der Waals surface area contributed by atoms with Gasteiger partial charge < -0.3 is 39.0 Å². The van der Waals surface area contributed by atoms with Gasteiger partial charge in [0, 0.05) is 19.3 Å². The van der Waals surface area contributed by atoms with E-state index in [1.807, 2.05) is 12.2 Å². The molecule has 0 aromatic heterocycles. The van der Waals surface area contributed by atoms with Crippen LogP contribution in [-0.4, -0.2) is 89.2 Å². The molecule has 1 aliphatic heterocycles. The van der Waals surface area contributed by atoms with Crippen molar-refractivity contribution in [3.63, 3.8) is 0 Å². The molecule has 6 unspecified atom stereocenters. The summed E-state index contributed by atoms with van der Waals surface area (Å²) < 4.78 is 28.1. The zero-order valence-electron chi connectivity index (χ0n) is 42.5. The normalized spacial score (nSPS) is 19.5. The minimum Gasteiger partial charge on any atom is -0.479 e. The highest BCUT2D eigenvalue weighted by Crippen LogP contribution is 2.26. The number of ether oxygens (including phenoxy) is 5. The van der Waals surface area contributed by atoms with Gasteiger partial charge in [-0.2, -0.15) is 0 Å². The van der Waals surface area contributed by atoms with Crippen molar-refractivity contribution in [2.24, 2.45) is 0 Å². The molecule has 1 heterocycles. The van der Waals surface area contributed by atoms with Gasteiger partial charge in [-0.3, -0.25) is 14.4 Å². The second kappa shape index (κ2) is 44.8. The average molecular weight is 967 g/mol. The largest absolute Gasteiger partial charge is 0.479 e. The molecule has 12 heteroatoms. The van der Waals surface area contributed by atoms with E-state index in [0.717, 1.165) is 83.5 Å². The van der Waals surface area contributed by atoms with E-state index in [2.05, 4.69) is 106 Å². The molecule has 6 atom stereocenters. The van der Waals surface area contributed by atoms with E-state index in [1.54, 1.807) is 0 Å². The number of carbonyl (C=O) groups excluding carboxylic acids is 3. The van der Waals surface area contributed by atoms with Gasteiger partial charge in [0.15, 0.2) is 24.6 Å². The number of carboxylic acid groups (broad SMARTS) is 1. The fraction of sp³-hybridized carbons (Fsp3) is 0.649. The second-order valence-electron chi connectivity index (χ2n) is 17.4. The molecule has 0 saturated carbocycles. The Morgan fingerprint density at radius 1 is 0.493 bits per heavy atom. The summed E-state index contributed by atoms with van der Waals surface area (Å²) in [6.45, 7) is 5.61. The highest BCUT2D eigenvalue weighted by atomic mass is 16.7. The SMILES string of the molecule is CC/C=C\C/C=C\C/C=C\C/C=C\CCCCC(=O)OCC(COC1OC(C(=O)O)C(O)C(O)C1OC(=O)CCCCCCCCCCCCC)OC(=O)CC/C=C\C/C=C\C/C=C\C/C=C\CC. The number of carboxylic acids is 1. The Morgan fingerprint density at radius 2 is 0.942 bits per heavy atom. The Bertz CT molecular complexity index is 1570. The highest BCUT2D eigenvalue weighted by Gasteiger charge is 2.50. The molecular weight excluding hydrogens is 877 g/mol. The van der Waals surface area contributed by atoms with Gasteiger partial charge >= 0.3 is 23.9 Å². The Hall–Kier alpha value is -4.36. The number of hydrogen-bond donors (Lipinski definition) is 3. The smallest absolute Gasteiger partial charge is 0.335 e. The maximum Gasteiger partial charge on any atom is 0.335 e. The van der Waals surface area contributed by atoms with Crippen LogP contribution in [0.2, 0.25) is 0 Å². The van der Waals surface area contributed by atoms with Gasteiger partial charge in [-0.25, -0.2) is 4.79 Å². The number of aliphatic hydroxyl groups excluding tert-OH is 2. The van der Waals surface area contributed by atoms with Crippen molar-refractivity contribution in [3.05, 3.63) is 97.2 Å². The van der Waals surface area contributed by atoms with E-state index in [0.29, 0.717) is 25.7 Å². The van der Waals surface area contributed by atoms with Gasteiger partial charge in [0.1, 0.15) is 18.8 Å². The quantitative estimate of drug-likeness (QED) is 0.0229. The van der Waals surface area contributed by atoms with Crippen LogP contribution in [0.15, 0.2) is 97.2 Å². The predicted octanol–water partition coefficient (Wildman–Crippen LogP) is 12.6. The van der Waals surface area contributed by atoms with E-state index >= 15 is 0 Å². The molecule has 1 rings (SSSR count). The number of rotatable bonds is 42.